The molecule has 0 aliphatic carbocycles. The van der Waals surface area contributed by atoms with Gasteiger partial charge >= 0.3 is 17.9 Å². The van der Waals surface area contributed by atoms with Gasteiger partial charge in [0.2, 0.25) is 0 Å². The van der Waals surface area contributed by atoms with Crippen molar-refractivity contribution < 1.29 is 63.2 Å². The predicted octanol–water partition coefficient (Wildman–Crippen LogP) is 21.2. The van der Waals surface area contributed by atoms with Gasteiger partial charge in [-0.25, -0.2) is 0 Å². The first-order valence-electron chi connectivity index (χ1n) is 29.9. The summed E-state index contributed by atoms with van der Waals surface area (Å²) >= 11 is 0. The zero-order chi connectivity index (χ0) is 47.6. The molecule has 0 heterocycles. The van der Waals surface area contributed by atoms with Crippen LogP contribution >= 0.6 is 0 Å². The van der Waals surface area contributed by atoms with E-state index < -0.39 is 5.97 Å². The third-order valence-corrected chi connectivity index (χ3v) is 13.7. The molecule has 0 unspecified atom stereocenters. The maximum absolute atomic E-state index is 11.9. The Labute approximate surface area is 445 Å². The van der Waals surface area contributed by atoms with Gasteiger partial charge in [0.15, 0.2) is 0 Å². The van der Waals surface area contributed by atoms with E-state index in [1.54, 1.807) is 0 Å². The molecule has 0 bridgehead atoms. The number of aliphatic carboxylic acids is 1. The average molecular weight is 1050 g/mol. The molecule has 0 rings (SSSR count). The van der Waals surface area contributed by atoms with Crippen molar-refractivity contribution in [3.05, 3.63) is 0 Å². The summed E-state index contributed by atoms with van der Waals surface area (Å²) in [6, 6.07) is 0. The maximum atomic E-state index is 11.9. The number of carboxylic acids is 1. The Morgan fingerprint density at radius 1 is 0.239 bits per heavy atom. The van der Waals surface area contributed by atoms with E-state index in [0.29, 0.717) is 19.3 Å². The minimum atomic E-state index is -0.651. The van der Waals surface area contributed by atoms with Crippen molar-refractivity contribution >= 4 is 17.9 Å². The van der Waals surface area contributed by atoms with Gasteiger partial charge < -0.3 is 9.84 Å². The summed E-state index contributed by atoms with van der Waals surface area (Å²) in [5, 5.41) is 8.56. The van der Waals surface area contributed by atoms with Gasteiger partial charge in [0, 0.05) is 58.2 Å². The Morgan fingerprint density at radius 3 is 0.522 bits per heavy atom. The van der Waals surface area contributed by atoms with Crippen molar-refractivity contribution in [1.82, 2.24) is 0 Å². The third kappa shape index (κ3) is 72.5. The maximum Gasteiger partial charge on any atom is 0.313 e. The Morgan fingerprint density at radius 2 is 0.373 bits per heavy atom. The van der Waals surface area contributed by atoms with E-state index in [1.807, 2.05) is 0 Å². The quantitative estimate of drug-likeness (QED) is 0.0284. The van der Waals surface area contributed by atoms with E-state index in [0.717, 1.165) is 38.5 Å². The van der Waals surface area contributed by atoms with Crippen molar-refractivity contribution in [1.29, 1.82) is 0 Å². The molecule has 7 heteroatoms. The summed E-state index contributed by atoms with van der Waals surface area (Å²) in [6.07, 6.45) is 69.2. The second-order valence-corrected chi connectivity index (χ2v) is 20.5. The SMILES string of the molecule is CCCCCCCCCCCCCCCCCCCCCC(=O)O.CCCCCCCCCCCCCCCCCCCCCC(=O)OC(=O)CCCCCCCCCCCCCCC.[Zn].[Zn]. The summed E-state index contributed by atoms with van der Waals surface area (Å²) in [5.74, 6) is -1.30. The topological polar surface area (TPSA) is 80.7 Å². The van der Waals surface area contributed by atoms with E-state index in [1.165, 1.54) is 289 Å². The molecule has 0 aliphatic rings. The van der Waals surface area contributed by atoms with E-state index in [9.17, 15) is 14.4 Å². The van der Waals surface area contributed by atoms with Gasteiger partial charge in [-0.3, -0.25) is 14.4 Å². The zero-order valence-electron chi connectivity index (χ0n) is 46.2. The molecule has 0 fully saturated rings. The van der Waals surface area contributed by atoms with Crippen LogP contribution in [0.5, 0.6) is 0 Å². The molecule has 5 nitrogen and oxygen atoms in total. The molecule has 0 amide bonds. The number of unbranched alkanes of at least 4 members (excludes halogenated alkanes) is 48. The van der Waals surface area contributed by atoms with Crippen molar-refractivity contribution in [2.45, 2.75) is 367 Å². The number of ether oxygens (including phenoxy) is 1. The number of rotatable bonds is 54. The smallest absolute Gasteiger partial charge is 0.313 e. The molecule has 0 spiro atoms. The zero-order valence-corrected chi connectivity index (χ0v) is 52.1. The molecule has 0 saturated carbocycles. The van der Waals surface area contributed by atoms with Gasteiger partial charge in [-0.1, -0.05) is 329 Å². The van der Waals surface area contributed by atoms with Crippen LogP contribution in [-0.4, -0.2) is 23.0 Å². The van der Waals surface area contributed by atoms with Crippen LogP contribution in [0, 0.1) is 0 Å². The fraction of sp³-hybridized carbons (Fsp3) is 0.950. The molecule has 0 aromatic rings. The van der Waals surface area contributed by atoms with Gasteiger partial charge in [0.05, 0.1) is 0 Å². The van der Waals surface area contributed by atoms with E-state index in [-0.39, 0.29) is 50.9 Å². The van der Waals surface area contributed by atoms with Crippen LogP contribution in [0.4, 0.5) is 0 Å². The fourth-order valence-electron chi connectivity index (χ4n) is 9.22. The average Bonchev–Trinajstić information content (AvgIpc) is 3.29. The van der Waals surface area contributed by atoms with Crippen LogP contribution in [0.3, 0.4) is 0 Å². The predicted molar refractivity (Wildman–Crippen MR) is 285 cm³/mol. The first kappa shape index (κ1) is 73.4. The molecule has 0 aromatic carbocycles. The van der Waals surface area contributed by atoms with E-state index >= 15 is 0 Å². The first-order valence-corrected chi connectivity index (χ1v) is 29.9. The number of hydrogen-bond donors (Lipinski definition) is 1. The molecular weight excluding hydrogens is 931 g/mol. The van der Waals surface area contributed by atoms with Crippen molar-refractivity contribution in [3.8, 4) is 0 Å². The molecule has 1 N–H and O–H groups in total. The van der Waals surface area contributed by atoms with Crippen LogP contribution in [0.2, 0.25) is 0 Å². The van der Waals surface area contributed by atoms with Gasteiger partial charge in [-0.2, -0.15) is 0 Å². The number of carbonyl (C=O) groups excluding carboxylic acids is 2. The van der Waals surface area contributed by atoms with Crippen LogP contribution in [0.15, 0.2) is 0 Å². The second kappa shape index (κ2) is 67.9. The molecular formula is C60H118O5Zn2. The Kier molecular flexibility index (Phi) is 74.4. The minimum absolute atomic E-state index is 0. The molecule has 0 saturated heterocycles. The summed E-state index contributed by atoms with van der Waals surface area (Å²) in [5.41, 5.74) is 0. The standard InChI is InChI=1S/C38H74O3.C22H44O2.2Zn/c1-3-5-7-9-11-13-15-17-18-19-20-21-22-24-26-28-30-32-34-36-38(40)41-37(39)35-33-31-29-27-25-23-16-14-12-10-8-6-4-2;1-2-3-4-5-6-7-8-9-10-11-12-13-14-15-16-17-18-19-20-21-22(23)24;;/h3-36H2,1-2H3;2-21H2,1H3,(H,23,24);;. The van der Waals surface area contributed by atoms with Gasteiger partial charge in [-0.05, 0) is 19.3 Å². The second-order valence-electron chi connectivity index (χ2n) is 20.5. The van der Waals surface area contributed by atoms with Crippen LogP contribution in [-0.2, 0) is 58.1 Å². The molecule has 0 aliphatic heterocycles. The molecule has 0 aromatic heterocycles. The van der Waals surface area contributed by atoms with Crippen LogP contribution in [0.25, 0.3) is 0 Å². The largest absolute Gasteiger partial charge is 0.481 e. The van der Waals surface area contributed by atoms with Crippen molar-refractivity contribution in [3.63, 3.8) is 0 Å². The number of hydrogen-bond acceptors (Lipinski definition) is 4. The van der Waals surface area contributed by atoms with E-state index in [2.05, 4.69) is 20.8 Å². The molecule has 392 valence electrons. The third-order valence-electron chi connectivity index (χ3n) is 13.7. The summed E-state index contributed by atoms with van der Waals surface area (Å²) < 4.78 is 5.02. The number of carbonyl (C=O) groups is 3. The Bertz CT molecular complexity index is 930. The minimum Gasteiger partial charge on any atom is -0.481 e. The molecule has 0 radical (unpaired) electrons. The van der Waals surface area contributed by atoms with Crippen LogP contribution in [0.1, 0.15) is 367 Å². The Balaban J connectivity index is -0.000000653. The van der Waals surface area contributed by atoms with Crippen molar-refractivity contribution in [2.75, 3.05) is 0 Å². The van der Waals surface area contributed by atoms with E-state index in [4.69, 9.17) is 9.84 Å². The number of esters is 2. The number of carboxylic acid groups (broad SMARTS) is 1. The summed E-state index contributed by atoms with van der Waals surface area (Å²) in [6.45, 7) is 6.84. The first-order chi connectivity index (χ1) is 32.0. The summed E-state index contributed by atoms with van der Waals surface area (Å²) in [7, 11) is 0. The molecule has 67 heavy (non-hydrogen) atoms. The monoisotopic (exact) mass is 1050 g/mol. The van der Waals surface area contributed by atoms with Gasteiger partial charge in [-0.15, -0.1) is 0 Å². The summed E-state index contributed by atoms with van der Waals surface area (Å²) in [4.78, 5) is 34.2. The van der Waals surface area contributed by atoms with Gasteiger partial charge in [0.1, 0.15) is 0 Å². The fourth-order valence-corrected chi connectivity index (χ4v) is 9.22. The molecule has 0 atom stereocenters. The van der Waals surface area contributed by atoms with Gasteiger partial charge in [0.25, 0.3) is 0 Å². The van der Waals surface area contributed by atoms with Crippen molar-refractivity contribution in [2.24, 2.45) is 0 Å². The van der Waals surface area contributed by atoms with Crippen LogP contribution < -0.4 is 0 Å². The Hall–Kier alpha value is -0.143. The normalized spacial score (nSPS) is 10.9.